The summed E-state index contributed by atoms with van der Waals surface area (Å²) in [5.41, 5.74) is 8.02. The molecule has 1 saturated heterocycles. The van der Waals surface area contributed by atoms with Crippen molar-refractivity contribution >= 4 is 24.2 Å². The van der Waals surface area contributed by atoms with Gasteiger partial charge >= 0.3 is 0 Å². The molecule has 2 amide bonds. The van der Waals surface area contributed by atoms with Gasteiger partial charge in [-0.05, 0) is 44.6 Å². The number of hydrogen-bond acceptors (Lipinski definition) is 3. The van der Waals surface area contributed by atoms with Crippen molar-refractivity contribution in [3.8, 4) is 0 Å². The zero-order chi connectivity index (χ0) is 18.1. The van der Waals surface area contributed by atoms with Crippen LogP contribution in [0.15, 0.2) is 24.3 Å². The fourth-order valence-corrected chi connectivity index (χ4v) is 3.28. The average molecular weight is 382 g/mol. The van der Waals surface area contributed by atoms with Crippen LogP contribution in [-0.4, -0.2) is 42.9 Å². The van der Waals surface area contributed by atoms with Crippen LogP contribution < -0.4 is 11.1 Å². The van der Waals surface area contributed by atoms with Gasteiger partial charge in [0.15, 0.2) is 0 Å². The fourth-order valence-electron chi connectivity index (χ4n) is 3.28. The number of piperidine rings is 1. The summed E-state index contributed by atoms with van der Waals surface area (Å²) in [6.45, 7) is 4.36. The Balaban J connectivity index is 0.00000338. The van der Waals surface area contributed by atoms with E-state index in [1.807, 2.05) is 4.90 Å². The lowest BCUT2D eigenvalue weighted by atomic mass is 9.96. The average Bonchev–Trinajstić information content (AvgIpc) is 2.64. The fraction of sp³-hybridized carbons (Fsp3) is 0.600. The first-order chi connectivity index (χ1) is 12.1. The van der Waals surface area contributed by atoms with Crippen LogP contribution in [0.25, 0.3) is 0 Å². The molecular formula is C20H32ClN3O2. The number of nitrogens with two attached hydrogens (primary N) is 1. The Hall–Kier alpha value is -1.59. The summed E-state index contributed by atoms with van der Waals surface area (Å²) in [4.78, 5) is 26.3. The van der Waals surface area contributed by atoms with Gasteiger partial charge in [0.1, 0.15) is 0 Å². The molecule has 6 heteroatoms. The van der Waals surface area contributed by atoms with Crippen LogP contribution in [0.5, 0.6) is 0 Å². The second-order valence-corrected chi connectivity index (χ2v) is 6.95. The molecule has 1 aromatic carbocycles. The Morgan fingerprint density at radius 3 is 2.65 bits per heavy atom. The van der Waals surface area contributed by atoms with E-state index in [1.165, 1.54) is 11.1 Å². The molecule has 26 heavy (non-hydrogen) atoms. The van der Waals surface area contributed by atoms with Crippen LogP contribution in [0.2, 0.25) is 0 Å². The SMILES string of the molecule is Cc1ccc(CCCCC(=O)N2CCCC(C(=O)NCCN)C2)cc1.Cl. The van der Waals surface area contributed by atoms with Gasteiger partial charge in [-0.2, -0.15) is 0 Å². The van der Waals surface area contributed by atoms with Gasteiger partial charge in [0, 0.05) is 32.6 Å². The number of carbonyl (C=O) groups excluding carboxylic acids is 2. The molecule has 2 rings (SSSR count). The number of benzene rings is 1. The summed E-state index contributed by atoms with van der Waals surface area (Å²) in [5.74, 6) is 0.124. The maximum atomic E-state index is 12.4. The molecule has 146 valence electrons. The van der Waals surface area contributed by atoms with Crippen molar-refractivity contribution in [1.82, 2.24) is 10.2 Å². The molecule has 0 spiro atoms. The monoisotopic (exact) mass is 381 g/mol. The number of hydrogen-bond donors (Lipinski definition) is 2. The number of aryl methyl sites for hydroxylation is 2. The maximum Gasteiger partial charge on any atom is 0.224 e. The third-order valence-corrected chi connectivity index (χ3v) is 4.82. The molecule has 0 bridgehead atoms. The van der Waals surface area contributed by atoms with E-state index in [9.17, 15) is 9.59 Å². The largest absolute Gasteiger partial charge is 0.355 e. The molecule has 1 aliphatic rings. The third-order valence-electron chi connectivity index (χ3n) is 4.82. The molecule has 1 unspecified atom stereocenters. The van der Waals surface area contributed by atoms with Crippen molar-refractivity contribution in [2.45, 2.75) is 45.4 Å². The van der Waals surface area contributed by atoms with Crippen molar-refractivity contribution in [1.29, 1.82) is 0 Å². The van der Waals surface area contributed by atoms with E-state index in [1.54, 1.807) is 0 Å². The van der Waals surface area contributed by atoms with E-state index < -0.39 is 0 Å². The number of halogens is 1. The van der Waals surface area contributed by atoms with E-state index in [0.29, 0.717) is 26.1 Å². The highest BCUT2D eigenvalue weighted by atomic mass is 35.5. The number of amides is 2. The topological polar surface area (TPSA) is 75.4 Å². The van der Waals surface area contributed by atoms with Crippen LogP contribution in [-0.2, 0) is 16.0 Å². The highest BCUT2D eigenvalue weighted by molar-refractivity contribution is 5.85. The summed E-state index contributed by atoms with van der Waals surface area (Å²) < 4.78 is 0. The Bertz CT molecular complexity index is 563. The minimum Gasteiger partial charge on any atom is -0.355 e. The highest BCUT2D eigenvalue weighted by Crippen LogP contribution is 2.18. The summed E-state index contributed by atoms with van der Waals surface area (Å²) in [7, 11) is 0. The highest BCUT2D eigenvalue weighted by Gasteiger charge is 2.27. The van der Waals surface area contributed by atoms with Crippen molar-refractivity contribution < 1.29 is 9.59 Å². The lowest BCUT2D eigenvalue weighted by Crippen LogP contribution is -2.46. The second-order valence-electron chi connectivity index (χ2n) is 6.95. The van der Waals surface area contributed by atoms with E-state index in [4.69, 9.17) is 5.73 Å². The van der Waals surface area contributed by atoms with Crippen LogP contribution in [0.3, 0.4) is 0 Å². The first-order valence-corrected chi connectivity index (χ1v) is 9.41. The van der Waals surface area contributed by atoms with E-state index in [-0.39, 0.29) is 30.1 Å². The molecule has 5 nitrogen and oxygen atoms in total. The van der Waals surface area contributed by atoms with Crippen LogP contribution in [0.1, 0.15) is 43.2 Å². The zero-order valence-corrected chi connectivity index (χ0v) is 16.5. The first-order valence-electron chi connectivity index (χ1n) is 9.41. The molecule has 1 aromatic rings. The number of carbonyl (C=O) groups is 2. The van der Waals surface area contributed by atoms with Crippen molar-refractivity contribution in [2.24, 2.45) is 11.7 Å². The van der Waals surface area contributed by atoms with Crippen LogP contribution in [0.4, 0.5) is 0 Å². The molecule has 0 aliphatic carbocycles. The smallest absolute Gasteiger partial charge is 0.224 e. The number of nitrogens with one attached hydrogen (secondary N) is 1. The minimum atomic E-state index is -0.0863. The molecule has 0 aromatic heterocycles. The predicted molar refractivity (Wildman–Crippen MR) is 107 cm³/mol. The molecular weight excluding hydrogens is 350 g/mol. The lowest BCUT2D eigenvalue weighted by Gasteiger charge is -2.32. The summed E-state index contributed by atoms with van der Waals surface area (Å²) in [6, 6.07) is 8.58. The van der Waals surface area contributed by atoms with E-state index in [0.717, 1.165) is 38.6 Å². The number of likely N-dealkylation sites (tertiary alicyclic amines) is 1. The first kappa shape index (κ1) is 22.5. The summed E-state index contributed by atoms with van der Waals surface area (Å²) in [6.07, 6.45) is 5.25. The van der Waals surface area contributed by atoms with Gasteiger partial charge < -0.3 is 16.0 Å². The van der Waals surface area contributed by atoms with Gasteiger partial charge in [0.05, 0.1) is 5.92 Å². The molecule has 1 fully saturated rings. The Morgan fingerprint density at radius 1 is 1.23 bits per heavy atom. The maximum absolute atomic E-state index is 12.4. The molecule has 0 radical (unpaired) electrons. The Labute approximate surface area is 163 Å². The van der Waals surface area contributed by atoms with Gasteiger partial charge in [-0.1, -0.05) is 29.8 Å². The van der Waals surface area contributed by atoms with Gasteiger partial charge in [0.2, 0.25) is 11.8 Å². The molecule has 3 N–H and O–H groups in total. The molecule has 1 heterocycles. The van der Waals surface area contributed by atoms with Crippen LogP contribution >= 0.6 is 12.4 Å². The predicted octanol–water partition coefficient (Wildman–Crippen LogP) is 2.44. The van der Waals surface area contributed by atoms with Crippen molar-refractivity contribution in [2.75, 3.05) is 26.2 Å². The quantitative estimate of drug-likeness (QED) is 0.679. The van der Waals surface area contributed by atoms with Crippen molar-refractivity contribution in [3.63, 3.8) is 0 Å². The van der Waals surface area contributed by atoms with Crippen LogP contribution in [0, 0.1) is 12.8 Å². The Morgan fingerprint density at radius 2 is 1.96 bits per heavy atom. The van der Waals surface area contributed by atoms with Gasteiger partial charge in [-0.3, -0.25) is 9.59 Å². The Kier molecular flexibility index (Phi) is 10.3. The normalized spacial score (nSPS) is 16.7. The number of unbranched alkanes of at least 4 members (excludes halogenated alkanes) is 1. The molecule has 1 atom stereocenters. The van der Waals surface area contributed by atoms with Gasteiger partial charge in [0.25, 0.3) is 0 Å². The number of rotatable bonds is 8. The standard InChI is InChI=1S/C20H31N3O2.ClH/c1-16-8-10-17(11-9-16)5-2-3-7-19(24)23-14-4-6-18(15-23)20(25)22-13-12-21;/h8-11,18H,2-7,12-15,21H2,1H3,(H,22,25);1H. The second kappa shape index (κ2) is 11.9. The van der Waals surface area contributed by atoms with Crippen molar-refractivity contribution in [3.05, 3.63) is 35.4 Å². The molecule has 0 saturated carbocycles. The van der Waals surface area contributed by atoms with Gasteiger partial charge in [-0.25, -0.2) is 0 Å². The third kappa shape index (κ3) is 7.34. The zero-order valence-electron chi connectivity index (χ0n) is 15.7. The lowest BCUT2D eigenvalue weighted by molar-refractivity contribution is -0.135. The number of nitrogens with zero attached hydrogens (tertiary/aromatic N) is 1. The van der Waals surface area contributed by atoms with Gasteiger partial charge in [-0.15, -0.1) is 12.4 Å². The molecule has 1 aliphatic heterocycles. The van der Waals surface area contributed by atoms with E-state index in [2.05, 4.69) is 36.5 Å². The summed E-state index contributed by atoms with van der Waals surface area (Å²) in [5, 5.41) is 2.83. The minimum absolute atomic E-state index is 0. The van der Waals surface area contributed by atoms with E-state index >= 15 is 0 Å². The summed E-state index contributed by atoms with van der Waals surface area (Å²) >= 11 is 0.